The van der Waals surface area contributed by atoms with Crippen LogP contribution >= 0.6 is 0 Å². The van der Waals surface area contributed by atoms with Crippen LogP contribution in [0, 0.1) is 0 Å². The number of pyridine rings is 1. The summed E-state index contributed by atoms with van der Waals surface area (Å²) in [5.74, 6) is 0.876. The van der Waals surface area contributed by atoms with Crippen LogP contribution in [0.25, 0.3) is 22.4 Å². The lowest BCUT2D eigenvalue weighted by Crippen LogP contribution is -2.24. The summed E-state index contributed by atoms with van der Waals surface area (Å²) >= 11 is 0. The van der Waals surface area contributed by atoms with Gasteiger partial charge in [-0.25, -0.2) is 4.98 Å². The third kappa shape index (κ3) is 3.57. The number of benzene rings is 2. The summed E-state index contributed by atoms with van der Waals surface area (Å²) in [6.07, 6.45) is 2.75. The van der Waals surface area contributed by atoms with E-state index < -0.39 is 0 Å². The van der Waals surface area contributed by atoms with E-state index in [1.54, 1.807) is 0 Å². The molecule has 0 saturated heterocycles. The lowest BCUT2D eigenvalue weighted by Gasteiger charge is -2.09. The second-order valence-corrected chi connectivity index (χ2v) is 7.46. The Morgan fingerprint density at radius 2 is 1.93 bits per heavy atom. The van der Waals surface area contributed by atoms with Crippen LogP contribution in [0.3, 0.4) is 0 Å². The summed E-state index contributed by atoms with van der Waals surface area (Å²) in [5, 5.41) is 6.44. The number of nitrogens with zero attached hydrogens (tertiary/aromatic N) is 3. The Morgan fingerprint density at radius 1 is 1.03 bits per heavy atom. The van der Waals surface area contributed by atoms with Crippen molar-refractivity contribution < 1.29 is 4.79 Å². The molecule has 6 nitrogen and oxygen atoms in total. The molecule has 2 aromatic heterocycles. The Morgan fingerprint density at radius 3 is 2.77 bits per heavy atom. The number of para-hydroxylation sites is 1. The predicted octanol–water partition coefficient (Wildman–Crippen LogP) is 3.17. The molecular formula is C24H23N5O. The minimum absolute atomic E-state index is 0.0297. The molecule has 6 heteroatoms. The first-order chi connectivity index (χ1) is 14.8. The van der Waals surface area contributed by atoms with Crippen molar-refractivity contribution in [2.75, 3.05) is 13.1 Å². The van der Waals surface area contributed by atoms with E-state index >= 15 is 0 Å². The maximum atomic E-state index is 12.3. The molecule has 0 saturated carbocycles. The summed E-state index contributed by atoms with van der Waals surface area (Å²) in [4.78, 5) is 21.5. The second kappa shape index (κ2) is 8.08. The molecule has 2 N–H and O–H groups in total. The third-order valence-corrected chi connectivity index (χ3v) is 5.46. The number of nitrogens with one attached hydrogen (secondary N) is 2. The van der Waals surface area contributed by atoms with Crippen molar-refractivity contribution in [3.63, 3.8) is 0 Å². The van der Waals surface area contributed by atoms with Gasteiger partial charge in [-0.2, -0.15) is 0 Å². The van der Waals surface area contributed by atoms with Gasteiger partial charge in [-0.1, -0.05) is 36.4 Å². The van der Waals surface area contributed by atoms with Crippen LogP contribution in [0.1, 0.15) is 21.6 Å². The van der Waals surface area contributed by atoms with Gasteiger partial charge in [0.15, 0.2) is 0 Å². The smallest absolute Gasteiger partial charge is 0.253 e. The average molecular weight is 397 g/mol. The molecule has 0 atom stereocenters. The maximum absolute atomic E-state index is 12.3. The van der Waals surface area contributed by atoms with E-state index in [0.29, 0.717) is 18.7 Å². The number of hydrogen-bond donors (Lipinski definition) is 2. The summed E-state index contributed by atoms with van der Waals surface area (Å²) in [6, 6.07) is 20.2. The minimum atomic E-state index is -0.0297. The Bertz CT molecular complexity index is 1180. The Kier molecular flexibility index (Phi) is 4.99. The number of imidazole rings is 1. The molecule has 0 aliphatic carbocycles. The lowest BCUT2D eigenvalue weighted by molar-refractivity contribution is 0.0956. The zero-order valence-electron chi connectivity index (χ0n) is 16.6. The van der Waals surface area contributed by atoms with E-state index in [2.05, 4.69) is 44.5 Å². The fraction of sp³-hybridized carbons (Fsp3) is 0.208. The van der Waals surface area contributed by atoms with Crippen molar-refractivity contribution in [1.82, 2.24) is 25.2 Å². The fourth-order valence-electron chi connectivity index (χ4n) is 3.95. The topological polar surface area (TPSA) is 71.8 Å². The highest BCUT2D eigenvalue weighted by molar-refractivity contribution is 6.06. The molecule has 150 valence electrons. The monoisotopic (exact) mass is 397 g/mol. The van der Waals surface area contributed by atoms with Gasteiger partial charge in [-0.05, 0) is 29.8 Å². The molecule has 2 aromatic carbocycles. The molecule has 1 amide bonds. The summed E-state index contributed by atoms with van der Waals surface area (Å²) < 4.78 is 2.16. The van der Waals surface area contributed by atoms with Gasteiger partial charge in [0.05, 0.1) is 16.6 Å². The number of hydrogen-bond acceptors (Lipinski definition) is 4. The molecule has 0 radical (unpaired) electrons. The molecule has 0 unspecified atom stereocenters. The van der Waals surface area contributed by atoms with Gasteiger partial charge >= 0.3 is 0 Å². The van der Waals surface area contributed by atoms with Crippen LogP contribution in [0.4, 0.5) is 0 Å². The van der Waals surface area contributed by atoms with Crippen molar-refractivity contribution in [1.29, 1.82) is 0 Å². The SMILES string of the molecule is O=C1NCCn2c(-c3ccc(CNCCc4ccccn4)cc3)nc3cccc1c32. The van der Waals surface area contributed by atoms with E-state index in [1.807, 2.05) is 42.6 Å². The standard InChI is InChI=1S/C24H23N5O/c30-24-20-5-3-6-21-22(20)29(15-14-27-24)23(28-21)18-9-7-17(8-10-18)16-25-13-11-19-4-1-2-12-26-19/h1-10,12,25H,11,13-16H2,(H,27,30). The van der Waals surface area contributed by atoms with Crippen molar-refractivity contribution in [2.24, 2.45) is 0 Å². The number of aromatic nitrogens is 3. The molecule has 1 aliphatic heterocycles. The molecular weight excluding hydrogens is 374 g/mol. The Balaban J connectivity index is 1.32. The fourth-order valence-corrected chi connectivity index (χ4v) is 3.95. The third-order valence-electron chi connectivity index (χ3n) is 5.46. The van der Waals surface area contributed by atoms with Crippen LogP contribution in [0.15, 0.2) is 66.9 Å². The first-order valence-corrected chi connectivity index (χ1v) is 10.3. The van der Waals surface area contributed by atoms with Crippen molar-refractivity contribution in [2.45, 2.75) is 19.5 Å². The summed E-state index contributed by atoms with van der Waals surface area (Å²) in [7, 11) is 0. The highest BCUT2D eigenvalue weighted by Crippen LogP contribution is 2.28. The van der Waals surface area contributed by atoms with Crippen molar-refractivity contribution in [3.05, 3.63) is 83.7 Å². The first kappa shape index (κ1) is 18.5. The van der Waals surface area contributed by atoms with Crippen LogP contribution in [0.2, 0.25) is 0 Å². The van der Waals surface area contributed by atoms with Gasteiger partial charge in [0, 0.05) is 50.1 Å². The first-order valence-electron chi connectivity index (χ1n) is 10.3. The van der Waals surface area contributed by atoms with Gasteiger partial charge in [0.2, 0.25) is 0 Å². The van der Waals surface area contributed by atoms with Crippen LogP contribution in [-0.2, 0) is 19.5 Å². The quantitative estimate of drug-likeness (QED) is 0.490. The summed E-state index contributed by atoms with van der Waals surface area (Å²) in [6.45, 7) is 3.01. The number of carbonyl (C=O) groups excluding carboxylic acids is 1. The highest BCUT2D eigenvalue weighted by Gasteiger charge is 2.21. The van der Waals surface area contributed by atoms with Gasteiger partial charge in [-0.3, -0.25) is 9.78 Å². The van der Waals surface area contributed by atoms with Crippen LogP contribution < -0.4 is 10.6 Å². The number of carbonyl (C=O) groups is 1. The zero-order chi connectivity index (χ0) is 20.3. The molecule has 3 heterocycles. The normalized spacial score (nSPS) is 13.3. The molecule has 30 heavy (non-hydrogen) atoms. The molecule has 0 bridgehead atoms. The van der Waals surface area contributed by atoms with Gasteiger partial charge in [0.1, 0.15) is 5.82 Å². The lowest BCUT2D eigenvalue weighted by atomic mass is 10.1. The zero-order valence-corrected chi connectivity index (χ0v) is 16.6. The van der Waals surface area contributed by atoms with E-state index in [4.69, 9.17) is 4.98 Å². The van der Waals surface area contributed by atoms with Gasteiger partial charge in [0.25, 0.3) is 5.91 Å². The average Bonchev–Trinajstić information content (AvgIpc) is 3.07. The van der Waals surface area contributed by atoms with Gasteiger partial charge < -0.3 is 15.2 Å². The van der Waals surface area contributed by atoms with E-state index in [9.17, 15) is 4.79 Å². The van der Waals surface area contributed by atoms with Crippen molar-refractivity contribution >= 4 is 16.9 Å². The van der Waals surface area contributed by atoms with E-state index in [1.165, 1.54) is 5.56 Å². The molecule has 1 aliphatic rings. The molecule has 5 rings (SSSR count). The van der Waals surface area contributed by atoms with E-state index in [-0.39, 0.29) is 5.91 Å². The number of amides is 1. The highest BCUT2D eigenvalue weighted by atomic mass is 16.1. The Hall–Kier alpha value is -3.51. The molecule has 0 spiro atoms. The van der Waals surface area contributed by atoms with Crippen molar-refractivity contribution in [3.8, 4) is 11.4 Å². The van der Waals surface area contributed by atoms with Crippen LogP contribution in [-0.4, -0.2) is 33.5 Å². The minimum Gasteiger partial charge on any atom is -0.350 e. The maximum Gasteiger partial charge on any atom is 0.253 e. The largest absolute Gasteiger partial charge is 0.350 e. The van der Waals surface area contributed by atoms with E-state index in [0.717, 1.165) is 47.6 Å². The van der Waals surface area contributed by atoms with Gasteiger partial charge in [-0.15, -0.1) is 0 Å². The second-order valence-electron chi connectivity index (χ2n) is 7.46. The van der Waals surface area contributed by atoms with Crippen LogP contribution in [0.5, 0.6) is 0 Å². The molecule has 0 fully saturated rings. The predicted molar refractivity (Wildman–Crippen MR) is 117 cm³/mol. The molecule has 4 aromatic rings. The Labute approximate surface area is 175 Å². The number of rotatable bonds is 6. The summed E-state index contributed by atoms with van der Waals surface area (Å²) in [5.41, 5.74) is 5.86.